The first kappa shape index (κ1) is 12.2. The van der Waals surface area contributed by atoms with Gasteiger partial charge in [0.1, 0.15) is 0 Å². The maximum Gasteiger partial charge on any atom is 0.237 e. The second-order valence-corrected chi connectivity index (χ2v) is 3.95. The van der Waals surface area contributed by atoms with E-state index >= 15 is 0 Å². The molecule has 86 valence electrons. The maximum atomic E-state index is 11.5. The van der Waals surface area contributed by atoms with Crippen LogP contribution in [0, 0.1) is 0 Å². The fourth-order valence-electron chi connectivity index (χ4n) is 1.52. The Morgan fingerprint density at radius 2 is 2.47 bits per heavy atom. The number of amides is 1. The summed E-state index contributed by atoms with van der Waals surface area (Å²) in [7, 11) is 0. The van der Waals surface area contributed by atoms with E-state index in [4.69, 9.17) is 4.74 Å². The number of hydrogen-bond acceptors (Lipinski definition) is 3. The molecule has 1 amide bonds. The van der Waals surface area contributed by atoms with Gasteiger partial charge in [-0.2, -0.15) is 0 Å². The van der Waals surface area contributed by atoms with Gasteiger partial charge in [0.15, 0.2) is 0 Å². The number of rotatable bonds is 6. The van der Waals surface area contributed by atoms with E-state index in [1.54, 1.807) is 0 Å². The van der Waals surface area contributed by atoms with Crippen LogP contribution in [0.1, 0.15) is 19.8 Å². The van der Waals surface area contributed by atoms with E-state index in [1.165, 1.54) is 0 Å². The van der Waals surface area contributed by atoms with Crippen molar-refractivity contribution in [2.24, 2.45) is 0 Å². The van der Waals surface area contributed by atoms with Gasteiger partial charge in [-0.3, -0.25) is 4.79 Å². The monoisotopic (exact) mass is 212 g/mol. The molecule has 1 aliphatic rings. The van der Waals surface area contributed by atoms with Crippen LogP contribution in [-0.4, -0.2) is 38.3 Å². The lowest BCUT2D eigenvalue weighted by molar-refractivity contribution is -0.123. The number of carbonyl (C=O) groups excluding carboxylic acids is 1. The van der Waals surface area contributed by atoms with E-state index in [0.717, 1.165) is 25.0 Å². The highest BCUT2D eigenvalue weighted by Crippen LogP contribution is 2.03. The molecule has 4 heteroatoms. The predicted octanol–water partition coefficient (Wildman–Crippen LogP) is 0.447. The van der Waals surface area contributed by atoms with Crippen molar-refractivity contribution in [2.45, 2.75) is 25.8 Å². The minimum absolute atomic E-state index is 0.00569. The summed E-state index contributed by atoms with van der Waals surface area (Å²) in [5, 5.41) is 5.99. The number of carbonyl (C=O) groups is 1. The zero-order valence-corrected chi connectivity index (χ0v) is 9.34. The van der Waals surface area contributed by atoms with Crippen LogP contribution in [0.15, 0.2) is 12.2 Å². The molecule has 0 bridgehead atoms. The molecule has 0 spiro atoms. The van der Waals surface area contributed by atoms with Crippen LogP contribution < -0.4 is 10.6 Å². The zero-order valence-electron chi connectivity index (χ0n) is 9.34. The molecule has 0 aromatic heterocycles. The molecule has 1 heterocycles. The molecule has 1 fully saturated rings. The Morgan fingerprint density at radius 1 is 1.67 bits per heavy atom. The Bertz CT molecular complexity index is 223. The van der Waals surface area contributed by atoms with Crippen molar-refractivity contribution in [3.05, 3.63) is 12.2 Å². The maximum absolute atomic E-state index is 11.5. The standard InChI is InChI=1S/C11H20N2O2/c1-9(2)8-15-7-6-13-11(14)10-4-3-5-12-10/h10,12H,1,3-8H2,2H3,(H,13,14)/t10-/m0/s1. The van der Waals surface area contributed by atoms with Gasteiger partial charge < -0.3 is 15.4 Å². The van der Waals surface area contributed by atoms with Crippen molar-refractivity contribution in [1.82, 2.24) is 10.6 Å². The average molecular weight is 212 g/mol. The van der Waals surface area contributed by atoms with Gasteiger partial charge >= 0.3 is 0 Å². The van der Waals surface area contributed by atoms with Gasteiger partial charge in [-0.15, -0.1) is 0 Å². The predicted molar refractivity (Wildman–Crippen MR) is 59.7 cm³/mol. The van der Waals surface area contributed by atoms with Gasteiger partial charge in [0.2, 0.25) is 5.91 Å². The van der Waals surface area contributed by atoms with E-state index in [9.17, 15) is 4.79 Å². The Labute approximate surface area is 91.1 Å². The van der Waals surface area contributed by atoms with E-state index in [0.29, 0.717) is 19.8 Å². The summed E-state index contributed by atoms with van der Waals surface area (Å²) >= 11 is 0. The third-order valence-electron chi connectivity index (χ3n) is 2.27. The Balaban J connectivity index is 1.99. The minimum atomic E-state index is 0.00569. The topological polar surface area (TPSA) is 50.4 Å². The molecular weight excluding hydrogens is 192 g/mol. The van der Waals surface area contributed by atoms with Crippen molar-refractivity contribution in [3.8, 4) is 0 Å². The van der Waals surface area contributed by atoms with Crippen molar-refractivity contribution < 1.29 is 9.53 Å². The van der Waals surface area contributed by atoms with Crippen molar-refractivity contribution in [2.75, 3.05) is 26.3 Å². The molecule has 1 aliphatic heterocycles. The third kappa shape index (κ3) is 4.95. The first-order valence-electron chi connectivity index (χ1n) is 5.43. The molecule has 0 radical (unpaired) electrons. The first-order valence-corrected chi connectivity index (χ1v) is 5.43. The molecule has 0 unspecified atom stereocenters. The average Bonchev–Trinajstić information content (AvgIpc) is 2.69. The fraction of sp³-hybridized carbons (Fsp3) is 0.727. The molecule has 0 aromatic carbocycles. The molecule has 15 heavy (non-hydrogen) atoms. The molecule has 0 aromatic rings. The molecule has 1 rings (SSSR count). The number of hydrogen-bond donors (Lipinski definition) is 2. The van der Waals surface area contributed by atoms with Crippen molar-refractivity contribution in [3.63, 3.8) is 0 Å². The van der Waals surface area contributed by atoms with E-state index in [2.05, 4.69) is 17.2 Å². The normalized spacial score (nSPS) is 20.2. The number of ether oxygens (including phenoxy) is 1. The fourth-order valence-corrected chi connectivity index (χ4v) is 1.52. The molecule has 2 N–H and O–H groups in total. The van der Waals surface area contributed by atoms with Crippen molar-refractivity contribution in [1.29, 1.82) is 0 Å². The second kappa shape index (κ2) is 6.58. The lowest BCUT2D eigenvalue weighted by Crippen LogP contribution is -2.41. The summed E-state index contributed by atoms with van der Waals surface area (Å²) in [5.41, 5.74) is 0.999. The summed E-state index contributed by atoms with van der Waals surface area (Å²) in [6.45, 7) is 8.28. The SMILES string of the molecule is C=C(C)COCCNC(=O)[C@@H]1CCCN1. The van der Waals surface area contributed by atoms with Crippen LogP contribution in [0.2, 0.25) is 0 Å². The van der Waals surface area contributed by atoms with Crippen LogP contribution in [0.25, 0.3) is 0 Å². The summed E-state index contributed by atoms with van der Waals surface area (Å²) in [6, 6.07) is 0.00569. The molecule has 0 saturated carbocycles. The highest BCUT2D eigenvalue weighted by Gasteiger charge is 2.20. The van der Waals surface area contributed by atoms with Gasteiger partial charge in [-0.25, -0.2) is 0 Å². The first-order chi connectivity index (χ1) is 7.20. The zero-order chi connectivity index (χ0) is 11.1. The quantitative estimate of drug-likeness (QED) is 0.496. The Kier molecular flexibility index (Phi) is 5.36. The summed E-state index contributed by atoms with van der Waals surface area (Å²) in [5.74, 6) is 0.0893. The molecule has 1 saturated heterocycles. The van der Waals surface area contributed by atoms with E-state index < -0.39 is 0 Å². The van der Waals surface area contributed by atoms with Crippen LogP contribution in [0.4, 0.5) is 0 Å². The second-order valence-electron chi connectivity index (χ2n) is 3.95. The van der Waals surface area contributed by atoms with E-state index in [1.807, 2.05) is 6.92 Å². The molecular formula is C11H20N2O2. The smallest absolute Gasteiger partial charge is 0.237 e. The Morgan fingerprint density at radius 3 is 3.07 bits per heavy atom. The lowest BCUT2D eigenvalue weighted by Gasteiger charge is -2.11. The van der Waals surface area contributed by atoms with E-state index in [-0.39, 0.29) is 11.9 Å². The van der Waals surface area contributed by atoms with Crippen LogP contribution in [0.3, 0.4) is 0 Å². The summed E-state index contributed by atoms with van der Waals surface area (Å²) in [4.78, 5) is 11.5. The van der Waals surface area contributed by atoms with Gasteiger partial charge in [-0.05, 0) is 26.3 Å². The van der Waals surface area contributed by atoms with Crippen LogP contribution >= 0.6 is 0 Å². The largest absolute Gasteiger partial charge is 0.375 e. The van der Waals surface area contributed by atoms with Crippen LogP contribution in [-0.2, 0) is 9.53 Å². The molecule has 0 aliphatic carbocycles. The van der Waals surface area contributed by atoms with Gasteiger partial charge in [0.05, 0.1) is 19.3 Å². The van der Waals surface area contributed by atoms with Crippen molar-refractivity contribution >= 4 is 5.91 Å². The molecule has 4 nitrogen and oxygen atoms in total. The minimum Gasteiger partial charge on any atom is -0.375 e. The Hall–Kier alpha value is -0.870. The van der Waals surface area contributed by atoms with Gasteiger partial charge in [-0.1, -0.05) is 12.2 Å². The van der Waals surface area contributed by atoms with Gasteiger partial charge in [0, 0.05) is 6.54 Å². The third-order valence-corrected chi connectivity index (χ3v) is 2.27. The number of nitrogens with one attached hydrogen (secondary N) is 2. The lowest BCUT2D eigenvalue weighted by atomic mass is 10.2. The molecule has 1 atom stereocenters. The van der Waals surface area contributed by atoms with Crippen LogP contribution in [0.5, 0.6) is 0 Å². The highest BCUT2D eigenvalue weighted by atomic mass is 16.5. The van der Waals surface area contributed by atoms with Gasteiger partial charge in [0.25, 0.3) is 0 Å². The summed E-state index contributed by atoms with van der Waals surface area (Å²) in [6.07, 6.45) is 2.03. The highest BCUT2D eigenvalue weighted by molar-refractivity contribution is 5.81. The summed E-state index contributed by atoms with van der Waals surface area (Å²) < 4.78 is 5.27.